The maximum Gasteiger partial charge on any atom is 0.222 e. The van der Waals surface area contributed by atoms with Crippen LogP contribution in [0.15, 0.2) is 22.7 Å². The molecule has 0 unspecified atom stereocenters. The van der Waals surface area contributed by atoms with Gasteiger partial charge in [-0.15, -0.1) is 0 Å². The van der Waals surface area contributed by atoms with Crippen LogP contribution in [0.2, 0.25) is 0 Å². The Bertz CT molecular complexity index is 780. The molecule has 3 aromatic rings. The number of hydrogen-bond donors (Lipinski definition) is 1. The summed E-state index contributed by atoms with van der Waals surface area (Å²) < 4.78 is 7.21. The Hall–Kier alpha value is -2.23. The third-order valence-electron chi connectivity index (χ3n) is 3.96. The van der Waals surface area contributed by atoms with Crippen LogP contribution in [0, 0.1) is 20.8 Å². The highest BCUT2D eigenvalue weighted by molar-refractivity contribution is 5.99. The number of aryl methyl sites for hydroxylation is 3. The van der Waals surface area contributed by atoms with Crippen LogP contribution in [0.25, 0.3) is 22.2 Å². The van der Waals surface area contributed by atoms with Crippen molar-refractivity contribution in [3.63, 3.8) is 0 Å². The largest absolute Gasteiger partial charge is 0.368 e. The quantitative estimate of drug-likeness (QED) is 0.725. The number of nitrogen functional groups attached to an aromatic ring is 1. The van der Waals surface area contributed by atoms with Crippen LogP contribution >= 0.6 is 0 Å². The van der Waals surface area contributed by atoms with Crippen molar-refractivity contribution in [3.8, 4) is 11.3 Å². The Morgan fingerprint density at radius 2 is 1.95 bits per heavy atom. The van der Waals surface area contributed by atoms with E-state index in [0.29, 0.717) is 5.88 Å². The van der Waals surface area contributed by atoms with E-state index in [1.807, 2.05) is 0 Å². The Morgan fingerprint density at radius 3 is 2.58 bits per heavy atom. The molecule has 0 aliphatic rings. The first-order valence-corrected chi connectivity index (χ1v) is 6.28. The Balaban J connectivity index is 2.44. The summed E-state index contributed by atoms with van der Waals surface area (Å²) in [5, 5.41) is 5.24. The summed E-state index contributed by atoms with van der Waals surface area (Å²) in [6.07, 6.45) is 0. The fourth-order valence-corrected chi connectivity index (χ4v) is 2.70. The summed E-state index contributed by atoms with van der Waals surface area (Å²) in [5.74, 6) is 0.343. The highest BCUT2D eigenvalue weighted by Gasteiger charge is 2.18. The number of fused-ring (bicyclic) bond motifs is 1. The second kappa shape index (κ2) is 3.88. The van der Waals surface area contributed by atoms with Gasteiger partial charge in [-0.05, 0) is 31.9 Å². The molecule has 0 aliphatic heterocycles. The molecule has 0 saturated carbocycles. The molecule has 19 heavy (non-hydrogen) atoms. The molecule has 4 nitrogen and oxygen atoms in total. The van der Waals surface area contributed by atoms with E-state index in [9.17, 15) is 0 Å². The lowest BCUT2D eigenvalue weighted by molar-refractivity contribution is 0.439. The molecule has 0 saturated heterocycles. The first kappa shape index (κ1) is 11.8. The van der Waals surface area contributed by atoms with Gasteiger partial charge < -0.3 is 14.8 Å². The van der Waals surface area contributed by atoms with Gasteiger partial charge in [0.15, 0.2) is 0 Å². The average Bonchev–Trinajstić information content (AvgIpc) is 2.89. The highest BCUT2D eigenvalue weighted by Crippen LogP contribution is 2.36. The van der Waals surface area contributed by atoms with Gasteiger partial charge in [0.25, 0.3) is 0 Å². The lowest BCUT2D eigenvalue weighted by atomic mass is 10.0. The van der Waals surface area contributed by atoms with E-state index in [-0.39, 0.29) is 0 Å². The van der Waals surface area contributed by atoms with Gasteiger partial charge in [0.1, 0.15) is 5.69 Å². The van der Waals surface area contributed by atoms with Crippen molar-refractivity contribution in [2.45, 2.75) is 20.8 Å². The second-order valence-electron chi connectivity index (χ2n) is 5.04. The van der Waals surface area contributed by atoms with Crippen molar-refractivity contribution in [1.29, 1.82) is 0 Å². The molecular weight excluding hydrogens is 238 g/mol. The van der Waals surface area contributed by atoms with Crippen molar-refractivity contribution in [3.05, 3.63) is 35.0 Å². The molecule has 1 aromatic carbocycles. The van der Waals surface area contributed by atoms with Gasteiger partial charge >= 0.3 is 0 Å². The zero-order chi connectivity index (χ0) is 13.7. The number of benzene rings is 1. The molecule has 0 bridgehead atoms. The molecule has 4 heteroatoms. The number of aromatic nitrogens is 2. The lowest BCUT2D eigenvalue weighted by Gasteiger charge is -2.05. The van der Waals surface area contributed by atoms with Crippen molar-refractivity contribution < 1.29 is 4.52 Å². The molecular formula is C15H17N3O. The van der Waals surface area contributed by atoms with E-state index < -0.39 is 0 Å². The molecule has 2 N–H and O–H groups in total. The van der Waals surface area contributed by atoms with Gasteiger partial charge in [0.2, 0.25) is 5.88 Å². The SMILES string of the molecule is Cc1ccc2c(-c3cc(N)on3)c(C)n(C)c2c1C. The molecule has 0 atom stereocenters. The summed E-state index contributed by atoms with van der Waals surface area (Å²) in [6, 6.07) is 6.06. The first-order valence-electron chi connectivity index (χ1n) is 6.28. The average molecular weight is 255 g/mol. The summed E-state index contributed by atoms with van der Waals surface area (Å²) >= 11 is 0. The van der Waals surface area contributed by atoms with Crippen molar-refractivity contribution in [2.24, 2.45) is 7.05 Å². The number of nitrogens with two attached hydrogens (primary N) is 1. The zero-order valence-electron chi connectivity index (χ0n) is 11.6. The summed E-state index contributed by atoms with van der Waals surface area (Å²) in [5.41, 5.74) is 12.5. The van der Waals surface area contributed by atoms with E-state index in [4.69, 9.17) is 10.3 Å². The third kappa shape index (κ3) is 1.56. The maximum atomic E-state index is 5.63. The van der Waals surface area contributed by atoms with Crippen LogP contribution < -0.4 is 5.73 Å². The first-order chi connectivity index (χ1) is 9.00. The van der Waals surface area contributed by atoms with Gasteiger partial charge in [0, 0.05) is 29.8 Å². The maximum absolute atomic E-state index is 5.63. The molecule has 2 heterocycles. The van der Waals surface area contributed by atoms with E-state index in [1.54, 1.807) is 6.07 Å². The zero-order valence-corrected chi connectivity index (χ0v) is 11.6. The topological polar surface area (TPSA) is 57.0 Å². The summed E-state index contributed by atoms with van der Waals surface area (Å²) in [4.78, 5) is 0. The van der Waals surface area contributed by atoms with Gasteiger partial charge in [-0.3, -0.25) is 0 Å². The fourth-order valence-electron chi connectivity index (χ4n) is 2.70. The number of hydrogen-bond acceptors (Lipinski definition) is 3. The Kier molecular flexibility index (Phi) is 2.42. The van der Waals surface area contributed by atoms with Crippen LogP contribution in [0.5, 0.6) is 0 Å². The van der Waals surface area contributed by atoms with Crippen LogP contribution in [-0.2, 0) is 7.05 Å². The minimum absolute atomic E-state index is 0.343. The van der Waals surface area contributed by atoms with Crippen LogP contribution in [0.3, 0.4) is 0 Å². The molecule has 0 radical (unpaired) electrons. The minimum atomic E-state index is 0.343. The molecule has 0 fully saturated rings. The molecule has 0 spiro atoms. The van der Waals surface area contributed by atoms with Crippen LogP contribution in [-0.4, -0.2) is 9.72 Å². The van der Waals surface area contributed by atoms with E-state index in [0.717, 1.165) is 17.0 Å². The van der Waals surface area contributed by atoms with E-state index in [1.165, 1.54) is 22.0 Å². The van der Waals surface area contributed by atoms with Crippen LogP contribution in [0.4, 0.5) is 5.88 Å². The predicted molar refractivity (Wildman–Crippen MR) is 77.0 cm³/mol. The van der Waals surface area contributed by atoms with Crippen molar-refractivity contribution >= 4 is 16.8 Å². The minimum Gasteiger partial charge on any atom is -0.368 e. The monoisotopic (exact) mass is 255 g/mol. The summed E-state index contributed by atoms with van der Waals surface area (Å²) in [6.45, 7) is 6.37. The fraction of sp³-hybridized carbons (Fsp3) is 0.267. The Morgan fingerprint density at radius 1 is 1.21 bits per heavy atom. The molecule has 2 aromatic heterocycles. The number of rotatable bonds is 1. The van der Waals surface area contributed by atoms with Gasteiger partial charge in [-0.2, -0.15) is 0 Å². The Labute approximate surface area is 111 Å². The van der Waals surface area contributed by atoms with Crippen LogP contribution in [0.1, 0.15) is 16.8 Å². The smallest absolute Gasteiger partial charge is 0.222 e. The van der Waals surface area contributed by atoms with Gasteiger partial charge in [-0.25, -0.2) is 0 Å². The number of nitrogens with zero attached hydrogens (tertiary/aromatic N) is 2. The normalized spacial score (nSPS) is 11.4. The number of anilines is 1. The predicted octanol–water partition coefficient (Wildman–Crippen LogP) is 3.34. The molecule has 98 valence electrons. The summed E-state index contributed by atoms with van der Waals surface area (Å²) in [7, 11) is 2.08. The van der Waals surface area contributed by atoms with E-state index in [2.05, 4.69) is 49.7 Å². The standard InChI is InChI=1S/C15H17N3O/c1-8-5-6-11-14(12-7-13(16)19-17-12)10(3)18(4)15(11)9(8)2/h5-7H,16H2,1-4H3. The highest BCUT2D eigenvalue weighted by atomic mass is 16.5. The van der Waals surface area contributed by atoms with E-state index >= 15 is 0 Å². The van der Waals surface area contributed by atoms with Gasteiger partial charge in [-0.1, -0.05) is 17.3 Å². The van der Waals surface area contributed by atoms with Crippen molar-refractivity contribution in [2.75, 3.05) is 5.73 Å². The van der Waals surface area contributed by atoms with Gasteiger partial charge in [0.05, 0.1) is 5.52 Å². The third-order valence-corrected chi connectivity index (χ3v) is 3.96. The second-order valence-corrected chi connectivity index (χ2v) is 5.04. The molecule has 0 aliphatic carbocycles. The molecule has 0 amide bonds. The molecule has 3 rings (SSSR count). The van der Waals surface area contributed by atoms with Crippen molar-refractivity contribution in [1.82, 2.24) is 9.72 Å². The lowest BCUT2D eigenvalue weighted by Crippen LogP contribution is -1.93.